The van der Waals surface area contributed by atoms with E-state index in [9.17, 15) is 9.59 Å². The molecule has 0 saturated carbocycles. The molecule has 0 aliphatic carbocycles. The van der Waals surface area contributed by atoms with Crippen LogP contribution in [0.25, 0.3) is 0 Å². The van der Waals surface area contributed by atoms with Gasteiger partial charge in [-0.25, -0.2) is 0 Å². The number of thioether (sulfide) groups is 1. The molecule has 2 aromatic rings. The van der Waals surface area contributed by atoms with Crippen LogP contribution in [0.15, 0.2) is 53.4 Å². The SMILES string of the molecule is Cc1ccc(S[C@H](C)C(=O)Nc2ccccc2C(N)=O)cc1. The summed E-state index contributed by atoms with van der Waals surface area (Å²) in [5.41, 5.74) is 7.24. The van der Waals surface area contributed by atoms with Gasteiger partial charge in [-0.1, -0.05) is 29.8 Å². The molecule has 2 aromatic carbocycles. The minimum Gasteiger partial charge on any atom is -0.366 e. The second-order valence-corrected chi connectivity index (χ2v) is 6.39. The topological polar surface area (TPSA) is 72.2 Å². The minimum atomic E-state index is -0.560. The Morgan fingerprint density at radius 2 is 1.73 bits per heavy atom. The summed E-state index contributed by atoms with van der Waals surface area (Å²) < 4.78 is 0. The summed E-state index contributed by atoms with van der Waals surface area (Å²) in [6.45, 7) is 3.85. The lowest BCUT2D eigenvalue weighted by molar-refractivity contribution is -0.115. The normalized spacial score (nSPS) is 11.7. The van der Waals surface area contributed by atoms with Crippen molar-refractivity contribution in [2.75, 3.05) is 5.32 Å². The number of aryl methyl sites for hydroxylation is 1. The maximum Gasteiger partial charge on any atom is 0.250 e. The van der Waals surface area contributed by atoms with Crippen LogP contribution >= 0.6 is 11.8 Å². The summed E-state index contributed by atoms with van der Waals surface area (Å²) in [4.78, 5) is 24.7. The Morgan fingerprint density at radius 1 is 1.09 bits per heavy atom. The zero-order valence-corrected chi connectivity index (χ0v) is 13.3. The van der Waals surface area contributed by atoms with Crippen molar-refractivity contribution in [2.45, 2.75) is 24.0 Å². The first kappa shape index (κ1) is 16.1. The molecule has 3 N–H and O–H groups in total. The van der Waals surface area contributed by atoms with E-state index in [2.05, 4.69) is 5.32 Å². The van der Waals surface area contributed by atoms with E-state index in [0.717, 1.165) is 4.90 Å². The molecule has 0 spiro atoms. The van der Waals surface area contributed by atoms with E-state index in [0.29, 0.717) is 11.3 Å². The highest BCUT2D eigenvalue weighted by Crippen LogP contribution is 2.25. The predicted molar refractivity (Wildman–Crippen MR) is 90.1 cm³/mol. The number of benzene rings is 2. The van der Waals surface area contributed by atoms with Crippen molar-refractivity contribution in [3.05, 3.63) is 59.7 Å². The highest BCUT2D eigenvalue weighted by Gasteiger charge is 2.17. The van der Waals surface area contributed by atoms with E-state index in [1.54, 1.807) is 24.3 Å². The van der Waals surface area contributed by atoms with Crippen molar-refractivity contribution in [3.63, 3.8) is 0 Å². The third kappa shape index (κ3) is 4.11. The highest BCUT2D eigenvalue weighted by molar-refractivity contribution is 8.00. The average Bonchev–Trinajstić information content (AvgIpc) is 2.49. The average molecular weight is 314 g/mol. The molecule has 0 aliphatic rings. The number of carbonyl (C=O) groups excluding carboxylic acids is 2. The number of carbonyl (C=O) groups is 2. The van der Waals surface area contributed by atoms with Gasteiger partial charge in [0.05, 0.1) is 16.5 Å². The molecule has 5 heteroatoms. The summed E-state index contributed by atoms with van der Waals surface area (Å²) in [5.74, 6) is -0.728. The van der Waals surface area contributed by atoms with Gasteiger partial charge in [0.1, 0.15) is 0 Å². The Kier molecular flexibility index (Phi) is 5.22. The lowest BCUT2D eigenvalue weighted by Crippen LogP contribution is -2.24. The van der Waals surface area contributed by atoms with Crippen LogP contribution in [-0.4, -0.2) is 17.1 Å². The molecular formula is C17H18N2O2S. The number of nitrogens with two attached hydrogens (primary N) is 1. The van der Waals surface area contributed by atoms with Gasteiger partial charge in [-0.15, -0.1) is 11.8 Å². The molecule has 2 amide bonds. The molecule has 0 bridgehead atoms. The molecule has 114 valence electrons. The first-order valence-electron chi connectivity index (χ1n) is 6.90. The Hall–Kier alpha value is -2.27. The van der Waals surface area contributed by atoms with E-state index >= 15 is 0 Å². The van der Waals surface area contributed by atoms with E-state index in [1.165, 1.54) is 17.3 Å². The second kappa shape index (κ2) is 7.13. The molecule has 1 atom stereocenters. The lowest BCUT2D eigenvalue weighted by Gasteiger charge is -2.13. The molecular weight excluding hydrogens is 296 g/mol. The molecule has 4 nitrogen and oxygen atoms in total. The molecule has 0 radical (unpaired) electrons. The molecule has 0 aromatic heterocycles. The summed E-state index contributed by atoms with van der Waals surface area (Å²) in [6, 6.07) is 14.7. The Balaban J connectivity index is 2.05. The number of rotatable bonds is 5. The van der Waals surface area contributed by atoms with E-state index in [4.69, 9.17) is 5.73 Å². The Morgan fingerprint density at radius 3 is 2.36 bits per heavy atom. The number of primary amides is 1. The second-order valence-electron chi connectivity index (χ2n) is 4.97. The van der Waals surface area contributed by atoms with Gasteiger partial charge in [0.2, 0.25) is 5.91 Å². The smallest absolute Gasteiger partial charge is 0.250 e. The van der Waals surface area contributed by atoms with Crippen LogP contribution in [0, 0.1) is 6.92 Å². The van der Waals surface area contributed by atoms with Crippen LogP contribution in [0.2, 0.25) is 0 Å². The standard InChI is InChI=1S/C17H18N2O2S/c1-11-7-9-13(10-8-11)22-12(2)17(21)19-15-6-4-3-5-14(15)16(18)20/h3-10,12H,1-2H3,(H2,18,20)(H,19,21)/t12-/m1/s1. The van der Waals surface area contributed by atoms with E-state index < -0.39 is 5.91 Å². The lowest BCUT2D eigenvalue weighted by atomic mass is 10.1. The summed E-state index contributed by atoms with van der Waals surface area (Å²) >= 11 is 1.47. The van der Waals surface area contributed by atoms with Crippen molar-refractivity contribution < 1.29 is 9.59 Å². The highest BCUT2D eigenvalue weighted by atomic mass is 32.2. The Labute approximate surface area is 134 Å². The Bertz CT molecular complexity index is 683. The first-order chi connectivity index (χ1) is 10.5. The van der Waals surface area contributed by atoms with Gasteiger partial charge in [0.25, 0.3) is 5.91 Å². The van der Waals surface area contributed by atoms with Gasteiger partial charge in [0, 0.05) is 4.90 Å². The molecule has 2 rings (SSSR count). The number of nitrogens with one attached hydrogen (secondary N) is 1. The van der Waals surface area contributed by atoms with Crippen molar-refractivity contribution >= 4 is 29.3 Å². The summed E-state index contributed by atoms with van der Waals surface area (Å²) in [6.07, 6.45) is 0. The molecule has 0 fully saturated rings. The first-order valence-corrected chi connectivity index (χ1v) is 7.78. The number of anilines is 1. The van der Waals surface area contributed by atoms with Crippen molar-refractivity contribution in [2.24, 2.45) is 5.73 Å². The third-order valence-corrected chi connectivity index (χ3v) is 4.27. The van der Waals surface area contributed by atoms with Gasteiger partial charge in [0.15, 0.2) is 0 Å². The van der Waals surface area contributed by atoms with Crippen molar-refractivity contribution in [3.8, 4) is 0 Å². The number of hydrogen-bond acceptors (Lipinski definition) is 3. The molecule has 22 heavy (non-hydrogen) atoms. The monoisotopic (exact) mass is 314 g/mol. The fourth-order valence-electron chi connectivity index (χ4n) is 1.92. The minimum absolute atomic E-state index is 0.167. The maximum absolute atomic E-state index is 12.3. The zero-order chi connectivity index (χ0) is 16.1. The molecule has 0 unspecified atom stereocenters. The summed E-state index contributed by atoms with van der Waals surface area (Å²) in [5, 5.41) is 2.47. The molecule has 0 aliphatic heterocycles. The number of hydrogen-bond donors (Lipinski definition) is 2. The van der Waals surface area contributed by atoms with E-state index in [1.807, 2.05) is 38.1 Å². The van der Waals surface area contributed by atoms with Crippen molar-refractivity contribution in [1.29, 1.82) is 0 Å². The van der Waals surface area contributed by atoms with Crippen molar-refractivity contribution in [1.82, 2.24) is 0 Å². The quantitative estimate of drug-likeness (QED) is 0.832. The number of amides is 2. The maximum atomic E-state index is 12.3. The third-order valence-electron chi connectivity index (χ3n) is 3.15. The fraction of sp³-hybridized carbons (Fsp3) is 0.176. The molecule has 0 heterocycles. The van der Waals surface area contributed by atoms with Crippen LogP contribution in [-0.2, 0) is 4.79 Å². The van der Waals surface area contributed by atoms with Crippen LogP contribution < -0.4 is 11.1 Å². The van der Waals surface area contributed by atoms with Gasteiger partial charge >= 0.3 is 0 Å². The van der Waals surface area contributed by atoms with Crippen LogP contribution in [0.3, 0.4) is 0 Å². The van der Waals surface area contributed by atoms with Crippen LogP contribution in [0.1, 0.15) is 22.8 Å². The van der Waals surface area contributed by atoms with Gasteiger partial charge < -0.3 is 11.1 Å². The summed E-state index contributed by atoms with van der Waals surface area (Å²) in [7, 11) is 0. The van der Waals surface area contributed by atoms with Crippen LogP contribution in [0.4, 0.5) is 5.69 Å². The van der Waals surface area contributed by atoms with Gasteiger partial charge in [-0.3, -0.25) is 9.59 Å². The number of para-hydroxylation sites is 1. The zero-order valence-electron chi connectivity index (χ0n) is 12.5. The van der Waals surface area contributed by atoms with E-state index in [-0.39, 0.29) is 11.2 Å². The fourth-order valence-corrected chi connectivity index (χ4v) is 2.78. The van der Waals surface area contributed by atoms with Gasteiger partial charge in [-0.05, 0) is 38.1 Å². The van der Waals surface area contributed by atoms with Crippen LogP contribution in [0.5, 0.6) is 0 Å². The molecule has 0 saturated heterocycles. The predicted octanol–water partition coefficient (Wildman–Crippen LogP) is 3.21. The van der Waals surface area contributed by atoms with Gasteiger partial charge in [-0.2, -0.15) is 0 Å². The largest absolute Gasteiger partial charge is 0.366 e.